The van der Waals surface area contributed by atoms with Gasteiger partial charge in [-0.1, -0.05) is 39.0 Å². The summed E-state index contributed by atoms with van der Waals surface area (Å²) in [6, 6.07) is 12.8. The molecule has 0 aliphatic rings. The van der Waals surface area contributed by atoms with Crippen LogP contribution in [-0.2, 0) is 62.0 Å². The lowest BCUT2D eigenvalue weighted by atomic mass is 9.91. The Labute approximate surface area is 412 Å². The van der Waals surface area contributed by atoms with Crippen LogP contribution in [0.25, 0.3) is 18.2 Å². The van der Waals surface area contributed by atoms with Crippen molar-refractivity contribution < 1.29 is 84.3 Å². The van der Waals surface area contributed by atoms with Crippen molar-refractivity contribution in [3.8, 4) is 5.75 Å². The Balaban J connectivity index is 0.000000533. The molecule has 0 aromatic heterocycles. The number of carbonyl (C=O) groups is 7. The van der Waals surface area contributed by atoms with Gasteiger partial charge in [0.1, 0.15) is 57.0 Å². The van der Waals surface area contributed by atoms with Gasteiger partial charge in [-0.25, -0.2) is 31.9 Å². The van der Waals surface area contributed by atoms with Gasteiger partial charge in [-0.15, -0.1) is 0 Å². The third-order valence-corrected chi connectivity index (χ3v) is 10.2. The summed E-state index contributed by atoms with van der Waals surface area (Å²) in [7, 11) is 0. The summed E-state index contributed by atoms with van der Waals surface area (Å²) >= 11 is 0. The van der Waals surface area contributed by atoms with E-state index in [0.717, 1.165) is 48.0 Å². The molecule has 0 atom stereocenters. The van der Waals surface area contributed by atoms with Crippen molar-refractivity contribution in [1.29, 1.82) is 0 Å². The molecule has 0 spiro atoms. The highest BCUT2D eigenvalue weighted by Crippen LogP contribution is 2.23. The zero-order chi connectivity index (χ0) is 53.8. The second-order valence-corrected chi connectivity index (χ2v) is 17.2. The maximum absolute atomic E-state index is 13.0. The average Bonchev–Trinajstić information content (AvgIpc) is 3.32. The Morgan fingerprint density at radius 1 is 0.437 bits per heavy atom. The van der Waals surface area contributed by atoms with Gasteiger partial charge in [0, 0.05) is 31.2 Å². The van der Waals surface area contributed by atoms with Crippen LogP contribution < -0.4 is 4.74 Å². The second kappa shape index (κ2) is 31.2. The van der Waals surface area contributed by atoms with Crippen molar-refractivity contribution in [2.45, 2.75) is 88.5 Å². The number of hydrogen-bond donors (Lipinski definition) is 0. The zero-order valence-electron chi connectivity index (χ0n) is 41.8. The summed E-state index contributed by atoms with van der Waals surface area (Å²) in [6.45, 7) is 17.4. The van der Waals surface area contributed by atoms with Gasteiger partial charge < -0.3 is 33.2 Å². The van der Waals surface area contributed by atoms with E-state index in [2.05, 4.69) is 0 Å². The first-order valence-corrected chi connectivity index (χ1v) is 22.5. The largest absolute Gasteiger partial charge is 0.462 e. The first-order valence-electron chi connectivity index (χ1n) is 22.5. The van der Waals surface area contributed by atoms with Crippen molar-refractivity contribution in [3.05, 3.63) is 119 Å². The molecule has 3 aromatic rings. The van der Waals surface area contributed by atoms with Crippen molar-refractivity contribution in [1.82, 2.24) is 0 Å². The monoisotopic (exact) mass is 1000 g/mol. The Kier molecular flexibility index (Phi) is 27.2. The predicted octanol–water partition coefficient (Wildman–Crippen LogP) is 10.1. The molecule has 0 amide bonds. The molecule has 0 fully saturated rings. The molecule has 0 aliphatic carbocycles. The van der Waals surface area contributed by atoms with E-state index in [1.54, 1.807) is 71.9 Å². The van der Waals surface area contributed by atoms with Gasteiger partial charge in [0.2, 0.25) is 0 Å². The number of esters is 7. The van der Waals surface area contributed by atoms with Crippen LogP contribution in [0.2, 0.25) is 0 Å². The zero-order valence-corrected chi connectivity index (χ0v) is 41.8. The molecule has 388 valence electrons. The molecule has 0 saturated carbocycles. The average molecular weight is 1000 g/mol. The highest BCUT2D eigenvalue weighted by molar-refractivity contribution is 5.88. The van der Waals surface area contributed by atoms with Crippen LogP contribution in [0.4, 0.5) is 17.6 Å². The third-order valence-electron chi connectivity index (χ3n) is 10.2. The minimum atomic E-state index is -0.994. The number of halogens is 4. The topological polar surface area (TPSA) is 184 Å². The van der Waals surface area contributed by atoms with Crippen molar-refractivity contribution in [2.24, 2.45) is 16.2 Å². The van der Waals surface area contributed by atoms with Crippen LogP contribution in [0, 0.1) is 39.5 Å². The maximum atomic E-state index is 13.0. The number of hydrogen-bond acceptors (Lipinski definition) is 14. The fourth-order valence-corrected chi connectivity index (χ4v) is 4.59. The van der Waals surface area contributed by atoms with Crippen molar-refractivity contribution in [3.63, 3.8) is 0 Å². The lowest BCUT2D eigenvalue weighted by Crippen LogP contribution is -2.27. The van der Waals surface area contributed by atoms with Gasteiger partial charge >= 0.3 is 41.8 Å². The van der Waals surface area contributed by atoms with Crippen LogP contribution in [0.1, 0.15) is 105 Å². The van der Waals surface area contributed by atoms with Crippen molar-refractivity contribution in [2.75, 3.05) is 39.6 Å². The molecule has 3 aromatic carbocycles. The lowest BCUT2D eigenvalue weighted by Gasteiger charge is -2.20. The fourth-order valence-electron chi connectivity index (χ4n) is 4.59. The highest BCUT2D eigenvalue weighted by atomic mass is 19.2. The van der Waals surface area contributed by atoms with E-state index < -0.39 is 63.4 Å². The molecular weight excluding hydrogens is 937 g/mol. The molecular formula is C53H64F4O14. The molecule has 0 aliphatic heterocycles. The standard InChI is InChI=1S/C19H24O6.2C17H20F2O4/c1-5-19(3,4)18(22)24-13-12-23-17(21)11-8-15-6-9-16(10-7-15)25-14(2)20;1-4-17(2,3)16(21)23-10-9-22-15(20)8-6-12-5-7-13(18)14(19)11-12;1-4-17(2,3)16(21)23-8-7-22-15(20)6-5-12-9-13(18)11-14(19)10-12/h6-11H,5,12-13H2,1-4H3;5-8,11H,4,9-10H2,1-3H3;5-6,9-11H,4,7-8H2,1-3H3/b11-8+;8-6+;6-5+. The number of ether oxygens (including phenoxy) is 7. The molecule has 18 heteroatoms. The molecule has 0 N–H and O–H groups in total. The number of carbonyl (C=O) groups excluding carboxylic acids is 7. The summed E-state index contributed by atoms with van der Waals surface area (Å²) in [5, 5.41) is 0. The lowest BCUT2D eigenvalue weighted by molar-refractivity contribution is -0.158. The minimum Gasteiger partial charge on any atom is -0.462 e. The van der Waals surface area contributed by atoms with Crippen LogP contribution in [-0.4, -0.2) is 81.4 Å². The van der Waals surface area contributed by atoms with Gasteiger partial charge in [-0.3, -0.25) is 19.2 Å². The predicted molar refractivity (Wildman–Crippen MR) is 256 cm³/mol. The van der Waals surface area contributed by atoms with E-state index in [9.17, 15) is 51.1 Å². The Morgan fingerprint density at radius 2 is 0.775 bits per heavy atom. The van der Waals surface area contributed by atoms with E-state index in [1.165, 1.54) is 31.2 Å². The van der Waals surface area contributed by atoms with E-state index >= 15 is 0 Å². The maximum Gasteiger partial charge on any atom is 0.330 e. The smallest absolute Gasteiger partial charge is 0.330 e. The van der Waals surface area contributed by atoms with E-state index in [0.29, 0.717) is 30.6 Å². The number of benzene rings is 3. The van der Waals surface area contributed by atoms with Gasteiger partial charge in [0.25, 0.3) is 0 Å². The third kappa shape index (κ3) is 25.9. The highest BCUT2D eigenvalue weighted by Gasteiger charge is 2.28. The minimum absolute atomic E-state index is 0.0000962. The Bertz CT molecular complexity index is 2310. The van der Waals surface area contributed by atoms with E-state index in [4.69, 9.17) is 33.2 Å². The summed E-state index contributed by atoms with van der Waals surface area (Å²) in [4.78, 5) is 80.4. The molecule has 0 bridgehead atoms. The SMILES string of the molecule is CCC(C)(C)C(=O)OCCOC(=O)/C=C/c1cc(F)cc(F)c1.CCC(C)(C)C(=O)OCCOC(=O)/C=C/c1ccc(F)c(F)c1.CCC(C)(C)C(=O)OCCOC(=O)/C=C/c1ccc(OC(C)=O)cc1. The molecule has 0 saturated heterocycles. The second-order valence-electron chi connectivity index (χ2n) is 17.2. The van der Waals surface area contributed by atoms with E-state index in [1.807, 2.05) is 20.8 Å². The van der Waals surface area contributed by atoms with Gasteiger partial charge in [0.15, 0.2) is 11.6 Å². The fraction of sp³-hybridized carbons (Fsp3) is 0.415. The van der Waals surface area contributed by atoms with Gasteiger partial charge in [0.05, 0.1) is 16.2 Å². The Morgan fingerprint density at radius 3 is 1.13 bits per heavy atom. The first-order chi connectivity index (χ1) is 33.2. The van der Waals surface area contributed by atoms with Crippen LogP contribution in [0.15, 0.2) is 78.9 Å². The van der Waals surface area contributed by atoms with Gasteiger partial charge in [-0.05, 0) is 132 Å². The van der Waals surface area contributed by atoms with Crippen LogP contribution in [0.5, 0.6) is 5.75 Å². The van der Waals surface area contributed by atoms with E-state index in [-0.39, 0.29) is 63.1 Å². The molecule has 14 nitrogen and oxygen atoms in total. The summed E-state index contributed by atoms with van der Waals surface area (Å²) < 4.78 is 86.3. The summed E-state index contributed by atoms with van der Waals surface area (Å²) in [5.74, 6) is -6.29. The molecule has 0 heterocycles. The van der Waals surface area contributed by atoms with Gasteiger partial charge in [-0.2, -0.15) is 0 Å². The summed E-state index contributed by atoms with van der Waals surface area (Å²) in [5.41, 5.74) is -0.402. The molecule has 3 rings (SSSR count). The quantitative estimate of drug-likeness (QED) is 0.0231. The molecule has 71 heavy (non-hydrogen) atoms. The number of rotatable bonds is 22. The Hall–Kier alpha value is -7.11. The first kappa shape index (κ1) is 61.9. The molecule has 0 unspecified atom stereocenters. The normalized spacial score (nSPS) is 11.4. The van der Waals surface area contributed by atoms with Crippen molar-refractivity contribution >= 4 is 60.0 Å². The van der Waals surface area contributed by atoms with Crippen LogP contribution in [0.3, 0.4) is 0 Å². The molecule has 0 radical (unpaired) electrons. The summed E-state index contributed by atoms with van der Waals surface area (Å²) in [6.07, 6.45) is 9.48. The van der Waals surface area contributed by atoms with Crippen LogP contribution >= 0.6 is 0 Å².